The average molecular weight is 286 g/mol. The van der Waals surface area contributed by atoms with Crippen LogP contribution in [0.3, 0.4) is 0 Å². The molecule has 19 heavy (non-hydrogen) atoms. The molecule has 0 aromatic rings. The zero-order chi connectivity index (χ0) is 14.2. The lowest BCUT2D eigenvalue weighted by atomic mass is 10.0. The van der Waals surface area contributed by atoms with Crippen molar-refractivity contribution in [2.75, 3.05) is 6.54 Å². The lowest BCUT2D eigenvalue weighted by Gasteiger charge is -2.04. The predicted molar refractivity (Wildman–Crippen MR) is 92.0 cm³/mol. The Hall–Kier alpha value is -0.110. The van der Waals surface area contributed by atoms with E-state index in [2.05, 4.69) is 12.2 Å². The molecule has 0 aliphatic heterocycles. The molecule has 0 spiro atoms. The zero-order valence-electron chi connectivity index (χ0n) is 13.3. The molecule has 0 bridgehead atoms. The molecule has 1 N–H and O–H groups in total. The lowest BCUT2D eigenvalue weighted by molar-refractivity contribution is 0.539. The Morgan fingerprint density at radius 2 is 1.05 bits per heavy atom. The summed E-state index contributed by atoms with van der Waals surface area (Å²) in [4.78, 5) is 0.930. The lowest BCUT2D eigenvalue weighted by Crippen LogP contribution is -2.18. The van der Waals surface area contributed by atoms with Crippen LogP contribution in [0, 0.1) is 0 Å². The molecule has 1 nitrogen and oxygen atoms in total. The summed E-state index contributed by atoms with van der Waals surface area (Å²) in [6.07, 6.45) is 18.4. The molecular weight excluding hydrogens is 250 g/mol. The molecular formula is C17H35NS. The van der Waals surface area contributed by atoms with E-state index in [9.17, 15) is 0 Å². The van der Waals surface area contributed by atoms with Crippen LogP contribution in [-0.2, 0) is 0 Å². The van der Waals surface area contributed by atoms with Crippen LogP contribution >= 0.6 is 12.2 Å². The number of nitrogens with one attached hydrogen (secondary N) is 1. The number of unbranched alkanes of at least 4 members (excludes halogenated alkanes) is 12. The summed E-state index contributed by atoms with van der Waals surface area (Å²) in [6.45, 7) is 5.30. The monoisotopic (exact) mass is 285 g/mol. The van der Waals surface area contributed by atoms with Gasteiger partial charge in [0.25, 0.3) is 0 Å². The van der Waals surface area contributed by atoms with E-state index < -0.39 is 0 Å². The maximum absolute atomic E-state index is 4.98. The van der Waals surface area contributed by atoms with Crippen LogP contribution in [0.4, 0.5) is 0 Å². The van der Waals surface area contributed by atoms with E-state index >= 15 is 0 Å². The fraction of sp³-hybridized carbons (Fsp3) is 0.941. The van der Waals surface area contributed by atoms with Gasteiger partial charge in [0.1, 0.15) is 0 Å². The minimum absolute atomic E-state index is 0.930. The van der Waals surface area contributed by atoms with Gasteiger partial charge in [-0.1, -0.05) is 96.2 Å². The van der Waals surface area contributed by atoms with Crippen LogP contribution in [0.25, 0.3) is 0 Å². The van der Waals surface area contributed by atoms with Gasteiger partial charge in [0.05, 0.1) is 4.99 Å². The molecule has 0 aromatic heterocycles. The molecule has 0 aliphatic carbocycles. The zero-order valence-corrected chi connectivity index (χ0v) is 14.1. The van der Waals surface area contributed by atoms with Crippen molar-refractivity contribution >= 4 is 17.2 Å². The molecule has 0 rings (SSSR count). The van der Waals surface area contributed by atoms with Crippen LogP contribution < -0.4 is 5.32 Å². The normalized spacial score (nSPS) is 10.6. The molecule has 0 atom stereocenters. The molecule has 0 aromatic carbocycles. The van der Waals surface area contributed by atoms with Gasteiger partial charge in [-0.05, 0) is 13.3 Å². The molecule has 0 saturated carbocycles. The maximum atomic E-state index is 4.98. The fourth-order valence-electron chi connectivity index (χ4n) is 2.41. The minimum atomic E-state index is 0.930. The molecule has 0 saturated heterocycles. The second kappa shape index (κ2) is 15.9. The van der Waals surface area contributed by atoms with E-state index in [1.165, 1.54) is 83.5 Å². The van der Waals surface area contributed by atoms with Gasteiger partial charge >= 0.3 is 0 Å². The smallest absolute Gasteiger partial charge is 0.0721 e. The Morgan fingerprint density at radius 3 is 1.42 bits per heavy atom. The second-order valence-corrected chi connectivity index (χ2v) is 6.34. The van der Waals surface area contributed by atoms with Crippen LogP contribution in [0.2, 0.25) is 0 Å². The Labute approximate surface area is 126 Å². The molecule has 0 aliphatic rings. The summed E-state index contributed by atoms with van der Waals surface area (Å²) in [5.74, 6) is 0. The molecule has 0 amide bonds. The predicted octanol–water partition coefficient (Wildman–Crippen LogP) is 6.01. The Kier molecular flexibility index (Phi) is 15.9. The third kappa shape index (κ3) is 17.9. The van der Waals surface area contributed by atoms with Gasteiger partial charge in [-0.3, -0.25) is 0 Å². The van der Waals surface area contributed by atoms with Crippen molar-refractivity contribution in [3.63, 3.8) is 0 Å². The first-order valence-electron chi connectivity index (χ1n) is 8.51. The van der Waals surface area contributed by atoms with Gasteiger partial charge < -0.3 is 5.32 Å². The summed E-state index contributed by atoms with van der Waals surface area (Å²) in [5, 5.41) is 3.22. The van der Waals surface area contributed by atoms with Crippen LogP contribution in [0.15, 0.2) is 0 Å². The van der Waals surface area contributed by atoms with Crippen molar-refractivity contribution < 1.29 is 0 Å². The molecule has 0 heterocycles. The number of rotatable bonds is 14. The summed E-state index contributed by atoms with van der Waals surface area (Å²) < 4.78 is 0. The summed E-state index contributed by atoms with van der Waals surface area (Å²) in [6, 6.07) is 0. The van der Waals surface area contributed by atoms with Crippen molar-refractivity contribution in [3.05, 3.63) is 0 Å². The van der Waals surface area contributed by atoms with Gasteiger partial charge in [0.2, 0.25) is 0 Å². The standard InChI is InChI=1S/C17H35NS/c1-3-4-5-6-7-8-9-10-11-12-13-14-15-16-18-17(2)19/h3-16H2,1-2H3,(H,18,19). The third-order valence-electron chi connectivity index (χ3n) is 3.65. The van der Waals surface area contributed by atoms with Crippen LogP contribution in [0.5, 0.6) is 0 Å². The topological polar surface area (TPSA) is 12.0 Å². The van der Waals surface area contributed by atoms with E-state index in [0.29, 0.717) is 0 Å². The van der Waals surface area contributed by atoms with E-state index in [1.807, 2.05) is 6.92 Å². The van der Waals surface area contributed by atoms with Gasteiger partial charge in [-0.15, -0.1) is 0 Å². The van der Waals surface area contributed by atoms with Crippen molar-refractivity contribution in [1.82, 2.24) is 5.32 Å². The van der Waals surface area contributed by atoms with Crippen molar-refractivity contribution in [3.8, 4) is 0 Å². The first-order valence-corrected chi connectivity index (χ1v) is 8.92. The SMILES string of the molecule is CCCCCCCCCCCCCCCNC(C)=S. The van der Waals surface area contributed by atoms with Crippen molar-refractivity contribution in [2.24, 2.45) is 0 Å². The van der Waals surface area contributed by atoms with E-state index in [4.69, 9.17) is 12.2 Å². The van der Waals surface area contributed by atoms with E-state index in [1.54, 1.807) is 0 Å². The second-order valence-electron chi connectivity index (χ2n) is 5.73. The van der Waals surface area contributed by atoms with Gasteiger partial charge in [-0.25, -0.2) is 0 Å². The average Bonchev–Trinajstić information content (AvgIpc) is 2.39. The Balaban J connectivity index is 2.93. The first-order chi connectivity index (χ1) is 9.27. The van der Waals surface area contributed by atoms with Crippen molar-refractivity contribution in [2.45, 2.75) is 97.3 Å². The molecule has 0 radical (unpaired) electrons. The molecule has 2 heteroatoms. The van der Waals surface area contributed by atoms with Gasteiger partial charge in [-0.2, -0.15) is 0 Å². The summed E-state index contributed by atoms with van der Waals surface area (Å²) in [7, 11) is 0. The maximum Gasteiger partial charge on any atom is 0.0721 e. The van der Waals surface area contributed by atoms with E-state index in [-0.39, 0.29) is 0 Å². The largest absolute Gasteiger partial charge is 0.380 e. The molecule has 0 unspecified atom stereocenters. The number of thiocarbonyl (C=S) groups is 1. The highest BCUT2D eigenvalue weighted by Gasteiger charge is 1.93. The van der Waals surface area contributed by atoms with Crippen LogP contribution in [0.1, 0.15) is 97.3 Å². The summed E-state index contributed by atoms with van der Waals surface area (Å²) in [5.41, 5.74) is 0. The number of hydrogen-bond donors (Lipinski definition) is 1. The minimum Gasteiger partial charge on any atom is -0.380 e. The quantitative estimate of drug-likeness (QED) is 0.309. The Morgan fingerprint density at radius 1 is 0.684 bits per heavy atom. The van der Waals surface area contributed by atoms with Crippen LogP contribution in [-0.4, -0.2) is 11.5 Å². The highest BCUT2D eigenvalue weighted by molar-refractivity contribution is 7.80. The van der Waals surface area contributed by atoms with Gasteiger partial charge in [0.15, 0.2) is 0 Å². The molecule has 0 fully saturated rings. The van der Waals surface area contributed by atoms with Crippen molar-refractivity contribution in [1.29, 1.82) is 0 Å². The third-order valence-corrected chi connectivity index (χ3v) is 3.80. The Bertz CT molecular complexity index is 192. The first kappa shape index (κ1) is 18.9. The summed E-state index contributed by atoms with van der Waals surface area (Å²) >= 11 is 4.98. The highest BCUT2D eigenvalue weighted by atomic mass is 32.1. The highest BCUT2D eigenvalue weighted by Crippen LogP contribution is 2.12. The van der Waals surface area contributed by atoms with Gasteiger partial charge in [0, 0.05) is 6.54 Å². The fourth-order valence-corrected chi connectivity index (χ4v) is 2.51. The van der Waals surface area contributed by atoms with E-state index in [0.717, 1.165) is 11.5 Å². The molecule has 114 valence electrons. The number of hydrogen-bond acceptors (Lipinski definition) is 1.